The maximum absolute atomic E-state index is 4.93. The third-order valence-electron chi connectivity index (χ3n) is 0.601. The monoisotopic (exact) mass is 156 g/mol. The summed E-state index contributed by atoms with van der Waals surface area (Å²) in [4.78, 5) is 3.72. The second-order valence-corrected chi connectivity index (χ2v) is 1.70. The summed E-state index contributed by atoms with van der Waals surface area (Å²) in [5, 5.41) is 2.88. The van der Waals surface area contributed by atoms with Crippen molar-refractivity contribution in [2.24, 2.45) is 10.8 Å². The van der Waals surface area contributed by atoms with Crippen LogP contribution in [0.3, 0.4) is 0 Å². The molecule has 0 aliphatic heterocycles. The Bertz CT molecular complexity index is 169. The van der Waals surface area contributed by atoms with Crippen LogP contribution in [0.1, 0.15) is 0 Å². The van der Waals surface area contributed by atoms with E-state index in [0.717, 1.165) is 0 Å². The van der Waals surface area contributed by atoms with E-state index < -0.39 is 0 Å². The predicted molar refractivity (Wildman–Crippen MR) is 45.2 cm³/mol. The third-order valence-corrected chi connectivity index (χ3v) is 0.836. The second-order valence-electron chi connectivity index (χ2n) is 1.29. The van der Waals surface area contributed by atoms with E-state index in [1.807, 2.05) is 0 Å². The van der Waals surface area contributed by atoms with E-state index in [4.69, 9.17) is 12.3 Å². The summed E-state index contributed by atoms with van der Waals surface area (Å²) in [5.74, 6) is 7.26. The molecule has 0 saturated heterocycles. The summed E-state index contributed by atoms with van der Waals surface area (Å²) >= 11 is 4.61. The number of nitrogens with zero attached hydrogens (tertiary/aromatic N) is 1. The van der Waals surface area contributed by atoms with Gasteiger partial charge >= 0.3 is 0 Å². The predicted octanol–water partition coefficient (Wildman–Crippen LogP) is -1.01. The fraction of sp³-hybridized carbons (Fsp3) is 0.200. The van der Waals surface area contributed by atoms with E-state index in [1.54, 1.807) is 0 Å². The molecule has 0 unspecified atom stereocenters. The maximum Gasteiger partial charge on any atom is 0.185 e. The van der Waals surface area contributed by atoms with Crippen LogP contribution in [0.15, 0.2) is 4.99 Å². The molecule has 0 rings (SSSR count). The first-order valence-corrected chi connectivity index (χ1v) is 2.91. The molecule has 0 fully saturated rings. The van der Waals surface area contributed by atoms with Gasteiger partial charge in [0.25, 0.3) is 0 Å². The van der Waals surface area contributed by atoms with Crippen LogP contribution in [0.4, 0.5) is 0 Å². The fourth-order valence-corrected chi connectivity index (χ4v) is 0.297. The van der Waals surface area contributed by atoms with Gasteiger partial charge in [-0.2, -0.15) is 0 Å². The smallest absolute Gasteiger partial charge is 0.185 e. The largest absolute Gasteiger partial charge is 0.323 e. The van der Waals surface area contributed by atoms with E-state index in [0.29, 0.717) is 11.7 Å². The van der Waals surface area contributed by atoms with E-state index in [1.165, 1.54) is 6.34 Å². The van der Waals surface area contributed by atoms with Gasteiger partial charge in [-0.1, -0.05) is 5.92 Å². The van der Waals surface area contributed by atoms with Crippen LogP contribution in [0.2, 0.25) is 0 Å². The van der Waals surface area contributed by atoms with Crippen molar-refractivity contribution in [1.82, 2.24) is 10.7 Å². The summed E-state index contributed by atoms with van der Waals surface area (Å²) in [6, 6.07) is 0. The molecule has 0 radical (unpaired) electrons. The van der Waals surface area contributed by atoms with Gasteiger partial charge < -0.3 is 10.7 Å². The summed E-state index contributed by atoms with van der Waals surface area (Å²) in [7, 11) is 0. The van der Waals surface area contributed by atoms with E-state index in [-0.39, 0.29) is 0 Å². The van der Waals surface area contributed by atoms with E-state index >= 15 is 0 Å². The minimum absolute atomic E-state index is 0.306. The summed E-state index contributed by atoms with van der Waals surface area (Å²) in [5.41, 5.74) is 2.22. The van der Waals surface area contributed by atoms with Crippen LogP contribution in [0.25, 0.3) is 0 Å². The Balaban J connectivity index is 3.36. The molecule has 0 aliphatic rings. The molecular weight excluding hydrogens is 148 g/mol. The Morgan fingerprint density at radius 2 is 2.60 bits per heavy atom. The highest BCUT2D eigenvalue weighted by Gasteiger charge is 1.81. The number of nitrogens with one attached hydrogen (secondary N) is 2. The van der Waals surface area contributed by atoms with Crippen molar-refractivity contribution >= 4 is 23.7 Å². The first kappa shape index (κ1) is 8.88. The first-order valence-electron chi connectivity index (χ1n) is 2.50. The van der Waals surface area contributed by atoms with Crippen molar-refractivity contribution in [3.8, 4) is 12.3 Å². The molecule has 5 heteroatoms. The number of nitrogens with two attached hydrogens (primary N) is 1. The van der Waals surface area contributed by atoms with Crippen molar-refractivity contribution in [3.05, 3.63) is 0 Å². The van der Waals surface area contributed by atoms with Crippen LogP contribution in [-0.2, 0) is 0 Å². The zero-order chi connectivity index (χ0) is 7.82. The van der Waals surface area contributed by atoms with Gasteiger partial charge in [-0.15, -0.1) is 6.42 Å². The lowest BCUT2D eigenvalue weighted by molar-refractivity contribution is 1.01. The Morgan fingerprint density at radius 3 is 3.10 bits per heavy atom. The van der Waals surface area contributed by atoms with Crippen molar-refractivity contribution < 1.29 is 0 Å². The quantitative estimate of drug-likeness (QED) is 0.120. The molecule has 54 valence electrons. The molecule has 0 saturated carbocycles. The normalized spacial score (nSPS) is 8.80. The van der Waals surface area contributed by atoms with Crippen LogP contribution in [0.5, 0.6) is 0 Å². The Morgan fingerprint density at radius 1 is 1.90 bits per heavy atom. The first-order chi connectivity index (χ1) is 4.81. The molecule has 0 aromatic heterocycles. The zero-order valence-electron chi connectivity index (χ0n) is 5.29. The molecule has 0 heterocycles. The van der Waals surface area contributed by atoms with Crippen molar-refractivity contribution in [3.63, 3.8) is 0 Å². The molecule has 0 aromatic rings. The Labute approximate surface area is 64.9 Å². The van der Waals surface area contributed by atoms with Crippen LogP contribution >= 0.6 is 12.2 Å². The summed E-state index contributed by atoms with van der Waals surface area (Å²) in [6.45, 7) is 0.334. The standard InChI is InChI=1S/C5H8N4S/c1-2-3-7-4-8-5(10)9-6/h1,4H,3,6H2,(H2,7,8,9,10). The van der Waals surface area contributed by atoms with Gasteiger partial charge in [0.15, 0.2) is 5.11 Å². The highest BCUT2D eigenvalue weighted by molar-refractivity contribution is 7.80. The molecule has 0 bridgehead atoms. The summed E-state index contributed by atoms with van der Waals surface area (Å²) in [6.07, 6.45) is 6.30. The lowest BCUT2D eigenvalue weighted by Gasteiger charge is -1.97. The molecule has 0 aromatic carbocycles. The van der Waals surface area contributed by atoms with Crippen molar-refractivity contribution in [2.45, 2.75) is 0 Å². The minimum Gasteiger partial charge on any atom is -0.323 e. The van der Waals surface area contributed by atoms with Gasteiger partial charge in [0.2, 0.25) is 0 Å². The second kappa shape index (κ2) is 6.01. The van der Waals surface area contributed by atoms with Crippen molar-refractivity contribution in [1.29, 1.82) is 0 Å². The van der Waals surface area contributed by atoms with Crippen LogP contribution < -0.4 is 16.6 Å². The van der Waals surface area contributed by atoms with Crippen LogP contribution in [0, 0.1) is 12.3 Å². The molecule has 4 nitrogen and oxygen atoms in total. The molecule has 0 aliphatic carbocycles. The minimum atomic E-state index is 0.306. The molecule has 0 atom stereocenters. The molecule has 10 heavy (non-hydrogen) atoms. The van der Waals surface area contributed by atoms with Crippen molar-refractivity contribution in [2.75, 3.05) is 6.54 Å². The van der Waals surface area contributed by atoms with Gasteiger partial charge in [0.05, 0.1) is 6.34 Å². The SMILES string of the molecule is C#CCN=CNC(=S)NN. The number of hydrogen-bond donors (Lipinski definition) is 3. The number of rotatable bonds is 2. The highest BCUT2D eigenvalue weighted by Crippen LogP contribution is 1.61. The lowest BCUT2D eigenvalue weighted by atomic mass is 10.7. The average molecular weight is 156 g/mol. The maximum atomic E-state index is 4.93. The average Bonchev–Trinajstić information content (AvgIpc) is 1.98. The van der Waals surface area contributed by atoms with Gasteiger partial charge in [0.1, 0.15) is 6.54 Å². The van der Waals surface area contributed by atoms with E-state index in [2.05, 4.69) is 33.9 Å². The van der Waals surface area contributed by atoms with Gasteiger partial charge in [0, 0.05) is 0 Å². The Hall–Kier alpha value is -1.12. The third kappa shape index (κ3) is 5.03. The van der Waals surface area contributed by atoms with Gasteiger partial charge in [-0.05, 0) is 12.2 Å². The lowest BCUT2D eigenvalue weighted by Crippen LogP contribution is -2.38. The number of hydrogen-bond acceptors (Lipinski definition) is 3. The summed E-state index contributed by atoms with van der Waals surface area (Å²) < 4.78 is 0. The number of terminal acetylenes is 1. The Kier molecular flexibility index (Phi) is 5.33. The molecule has 4 N–H and O–H groups in total. The topological polar surface area (TPSA) is 62.4 Å². The number of thiocarbonyl (C=S) groups is 1. The van der Waals surface area contributed by atoms with Crippen LogP contribution in [-0.4, -0.2) is 18.0 Å². The number of hydrazine groups is 1. The highest BCUT2D eigenvalue weighted by atomic mass is 32.1. The molecule has 0 spiro atoms. The van der Waals surface area contributed by atoms with Gasteiger partial charge in [-0.3, -0.25) is 4.99 Å². The van der Waals surface area contributed by atoms with Gasteiger partial charge in [-0.25, -0.2) is 5.84 Å². The van der Waals surface area contributed by atoms with E-state index in [9.17, 15) is 0 Å². The number of aliphatic imine (C=N–C) groups is 1. The fourth-order valence-electron chi connectivity index (χ4n) is 0.244. The molecule has 0 amide bonds. The molecular formula is C5H8N4S. The zero-order valence-corrected chi connectivity index (χ0v) is 6.11.